The molecule has 0 fully saturated rings. The van der Waals surface area contributed by atoms with Crippen molar-refractivity contribution in [2.75, 3.05) is 6.61 Å². The van der Waals surface area contributed by atoms with Crippen LogP contribution >= 0.6 is 15.9 Å². The van der Waals surface area contributed by atoms with Gasteiger partial charge in [-0.05, 0) is 48.0 Å². The molecule has 0 unspecified atom stereocenters. The van der Waals surface area contributed by atoms with Crippen LogP contribution in [0, 0.1) is 12.7 Å². The number of hydrogen-bond donors (Lipinski definition) is 0. The van der Waals surface area contributed by atoms with Crippen LogP contribution in [0.2, 0.25) is 0 Å². The van der Waals surface area contributed by atoms with E-state index in [4.69, 9.17) is 13.9 Å². The number of esters is 1. The van der Waals surface area contributed by atoms with E-state index in [0.717, 1.165) is 0 Å². The van der Waals surface area contributed by atoms with Crippen LogP contribution in [0.4, 0.5) is 4.39 Å². The quantitative estimate of drug-likeness (QED) is 0.532. The second kappa shape index (κ2) is 7.27. The lowest BCUT2D eigenvalue weighted by Gasteiger charge is -2.09. The third kappa shape index (κ3) is 3.54. The highest BCUT2D eigenvalue weighted by Gasteiger charge is 2.21. The maximum Gasteiger partial charge on any atom is 0.342 e. The van der Waals surface area contributed by atoms with Gasteiger partial charge in [0.15, 0.2) is 0 Å². The topological polar surface area (TPSA) is 48.7 Å². The van der Waals surface area contributed by atoms with Crippen LogP contribution < -0.4 is 4.74 Å². The average molecular weight is 407 g/mol. The first-order valence-electron chi connectivity index (χ1n) is 7.77. The zero-order valence-electron chi connectivity index (χ0n) is 13.8. The fraction of sp³-hybridized carbons (Fsp3) is 0.211. The van der Waals surface area contributed by atoms with Crippen LogP contribution in [0.5, 0.6) is 5.75 Å². The first kappa shape index (κ1) is 17.5. The van der Waals surface area contributed by atoms with Gasteiger partial charge in [-0.3, -0.25) is 0 Å². The van der Waals surface area contributed by atoms with E-state index >= 15 is 0 Å². The van der Waals surface area contributed by atoms with Crippen molar-refractivity contribution in [2.24, 2.45) is 0 Å². The van der Waals surface area contributed by atoms with Crippen molar-refractivity contribution in [3.05, 3.63) is 63.6 Å². The summed E-state index contributed by atoms with van der Waals surface area (Å²) in [5, 5.41) is 0.600. The molecular formula is C19H16BrFO4. The minimum absolute atomic E-state index is 0.0718. The van der Waals surface area contributed by atoms with Gasteiger partial charge in [0.2, 0.25) is 0 Å². The van der Waals surface area contributed by atoms with Gasteiger partial charge in [0, 0.05) is 10.9 Å². The number of fused-ring (bicyclic) bond motifs is 1. The number of carbonyl (C=O) groups excluding carboxylic acids is 1. The third-order valence-electron chi connectivity index (χ3n) is 3.74. The van der Waals surface area contributed by atoms with E-state index in [-0.39, 0.29) is 19.0 Å². The maximum absolute atomic E-state index is 13.7. The Morgan fingerprint density at radius 1 is 1.28 bits per heavy atom. The molecule has 0 aliphatic heterocycles. The molecule has 1 heterocycles. The maximum atomic E-state index is 13.7. The van der Waals surface area contributed by atoms with E-state index < -0.39 is 5.97 Å². The van der Waals surface area contributed by atoms with Crippen LogP contribution in [0.1, 0.15) is 28.6 Å². The molecule has 0 atom stereocenters. The standard InChI is InChI=1S/C19H16BrFO4/c1-3-23-19(22)18-11(2)25-16-9-14(20)17(8-13(16)18)24-10-12-6-4-5-7-15(12)21/h4-9H,3,10H2,1-2H3. The summed E-state index contributed by atoms with van der Waals surface area (Å²) in [5.41, 5.74) is 1.37. The lowest BCUT2D eigenvalue weighted by molar-refractivity contribution is 0.0526. The monoisotopic (exact) mass is 406 g/mol. The fourth-order valence-corrected chi connectivity index (χ4v) is 3.00. The zero-order chi connectivity index (χ0) is 18.0. The second-order valence-corrected chi connectivity index (χ2v) is 6.27. The molecule has 1 aromatic heterocycles. The summed E-state index contributed by atoms with van der Waals surface area (Å²) in [7, 11) is 0. The Morgan fingerprint density at radius 3 is 2.76 bits per heavy atom. The highest BCUT2D eigenvalue weighted by molar-refractivity contribution is 9.10. The Hall–Kier alpha value is -2.34. The molecule has 0 bridgehead atoms. The molecule has 25 heavy (non-hydrogen) atoms. The summed E-state index contributed by atoms with van der Waals surface area (Å²) in [5.74, 6) is 0.195. The molecule has 130 valence electrons. The first-order chi connectivity index (χ1) is 12.0. The highest BCUT2D eigenvalue weighted by Crippen LogP contribution is 2.35. The second-order valence-electron chi connectivity index (χ2n) is 5.41. The largest absolute Gasteiger partial charge is 0.488 e. The molecule has 0 saturated carbocycles. The minimum atomic E-state index is -0.443. The van der Waals surface area contributed by atoms with Gasteiger partial charge in [0.05, 0.1) is 11.1 Å². The van der Waals surface area contributed by atoms with Gasteiger partial charge in [-0.15, -0.1) is 0 Å². The van der Waals surface area contributed by atoms with Gasteiger partial charge in [-0.2, -0.15) is 0 Å². The lowest BCUT2D eigenvalue weighted by Crippen LogP contribution is -2.05. The van der Waals surface area contributed by atoms with Crippen molar-refractivity contribution >= 4 is 32.9 Å². The lowest BCUT2D eigenvalue weighted by atomic mass is 10.1. The Kier molecular flexibility index (Phi) is 5.08. The van der Waals surface area contributed by atoms with E-state index in [1.807, 2.05) is 0 Å². The molecule has 0 aliphatic rings. The van der Waals surface area contributed by atoms with Gasteiger partial charge in [0.25, 0.3) is 0 Å². The third-order valence-corrected chi connectivity index (χ3v) is 4.36. The molecule has 0 radical (unpaired) electrons. The van der Waals surface area contributed by atoms with Gasteiger partial charge in [-0.25, -0.2) is 9.18 Å². The minimum Gasteiger partial charge on any atom is -0.488 e. The normalized spacial score (nSPS) is 10.9. The van der Waals surface area contributed by atoms with Gasteiger partial charge >= 0.3 is 5.97 Å². The Bertz CT molecular complexity index is 933. The molecule has 0 spiro atoms. The number of rotatable bonds is 5. The Balaban J connectivity index is 1.96. The number of furan rings is 1. The fourth-order valence-electron chi connectivity index (χ4n) is 2.56. The highest BCUT2D eigenvalue weighted by atomic mass is 79.9. The van der Waals surface area contributed by atoms with Crippen LogP contribution in [0.15, 0.2) is 45.3 Å². The molecule has 2 aromatic carbocycles. The number of aryl methyl sites for hydroxylation is 1. The number of ether oxygens (including phenoxy) is 2. The Labute approximate surface area is 152 Å². The summed E-state index contributed by atoms with van der Waals surface area (Å²) in [6.07, 6.45) is 0. The summed E-state index contributed by atoms with van der Waals surface area (Å²) < 4.78 is 30.9. The molecule has 0 N–H and O–H groups in total. The van der Waals surface area contributed by atoms with Crippen LogP contribution in [0.3, 0.4) is 0 Å². The van der Waals surface area contributed by atoms with Crippen LogP contribution in [0.25, 0.3) is 11.0 Å². The van der Waals surface area contributed by atoms with E-state index in [9.17, 15) is 9.18 Å². The van der Waals surface area contributed by atoms with Crippen molar-refractivity contribution in [1.82, 2.24) is 0 Å². The van der Waals surface area contributed by atoms with E-state index in [2.05, 4.69) is 15.9 Å². The molecule has 4 nitrogen and oxygen atoms in total. The van der Waals surface area contributed by atoms with Crippen molar-refractivity contribution in [1.29, 1.82) is 0 Å². The Morgan fingerprint density at radius 2 is 2.04 bits per heavy atom. The summed E-state index contributed by atoms with van der Waals surface area (Å²) >= 11 is 3.42. The van der Waals surface area contributed by atoms with Crippen molar-refractivity contribution in [3.8, 4) is 5.75 Å². The molecule has 3 aromatic rings. The SMILES string of the molecule is CCOC(=O)c1c(C)oc2cc(Br)c(OCc3ccccc3F)cc12. The summed E-state index contributed by atoms with van der Waals surface area (Å²) in [4.78, 5) is 12.2. The molecule has 6 heteroatoms. The number of benzene rings is 2. The van der Waals surface area contributed by atoms with Gasteiger partial charge in [0.1, 0.15) is 35.1 Å². The van der Waals surface area contributed by atoms with Crippen molar-refractivity contribution in [2.45, 2.75) is 20.5 Å². The smallest absolute Gasteiger partial charge is 0.342 e. The molecular weight excluding hydrogens is 391 g/mol. The van der Waals surface area contributed by atoms with Crippen LogP contribution in [-0.2, 0) is 11.3 Å². The van der Waals surface area contributed by atoms with E-state index in [1.165, 1.54) is 6.07 Å². The number of halogens is 2. The number of hydrogen-bond acceptors (Lipinski definition) is 4. The number of carbonyl (C=O) groups is 1. The first-order valence-corrected chi connectivity index (χ1v) is 8.56. The van der Waals surface area contributed by atoms with E-state index in [1.54, 1.807) is 44.2 Å². The molecule has 3 rings (SSSR count). The molecule has 0 amide bonds. The summed E-state index contributed by atoms with van der Waals surface area (Å²) in [6, 6.07) is 9.84. The van der Waals surface area contributed by atoms with Crippen molar-refractivity contribution < 1.29 is 23.1 Å². The van der Waals surface area contributed by atoms with Gasteiger partial charge < -0.3 is 13.9 Å². The van der Waals surface area contributed by atoms with Crippen LogP contribution in [-0.4, -0.2) is 12.6 Å². The van der Waals surface area contributed by atoms with Gasteiger partial charge in [-0.1, -0.05) is 18.2 Å². The predicted octanol–water partition coefficient (Wildman–Crippen LogP) is 5.40. The van der Waals surface area contributed by atoms with E-state index in [0.29, 0.717) is 38.1 Å². The predicted molar refractivity (Wildman–Crippen MR) is 95.3 cm³/mol. The molecule has 0 aliphatic carbocycles. The average Bonchev–Trinajstić information content (AvgIpc) is 2.89. The summed E-state index contributed by atoms with van der Waals surface area (Å²) in [6.45, 7) is 3.80. The van der Waals surface area contributed by atoms with Crippen molar-refractivity contribution in [3.63, 3.8) is 0 Å². The zero-order valence-corrected chi connectivity index (χ0v) is 15.4. The molecule has 0 saturated heterocycles.